The summed E-state index contributed by atoms with van der Waals surface area (Å²) >= 11 is 6.15. The molecule has 1 rings (SSSR count). The first-order valence-electron chi connectivity index (χ1n) is 5.99. The number of hydrogen-bond donors (Lipinski definition) is 1. The molecule has 0 aromatic carbocycles. The maximum Gasteiger partial charge on any atom is 0.417 e. The van der Waals surface area contributed by atoms with Crippen LogP contribution in [-0.2, 0) is 6.18 Å². The van der Waals surface area contributed by atoms with Crippen molar-refractivity contribution in [1.82, 2.24) is 4.98 Å². The van der Waals surface area contributed by atoms with E-state index in [0.717, 1.165) is 18.7 Å². The fraction of sp³-hybridized carbons (Fsp3) is 0.615. The molecule has 1 heterocycles. The first kappa shape index (κ1) is 16.1. The van der Waals surface area contributed by atoms with Gasteiger partial charge in [-0.1, -0.05) is 20.8 Å². The SMILES string of the molecule is CC(C)(C)CC(Cl)CNc1ccc(C(F)(F)F)cn1. The largest absolute Gasteiger partial charge is 0.417 e. The van der Waals surface area contributed by atoms with E-state index < -0.39 is 11.7 Å². The highest BCUT2D eigenvalue weighted by atomic mass is 35.5. The number of anilines is 1. The van der Waals surface area contributed by atoms with Gasteiger partial charge in [-0.2, -0.15) is 13.2 Å². The van der Waals surface area contributed by atoms with Crippen LogP contribution in [0.25, 0.3) is 0 Å². The van der Waals surface area contributed by atoms with Gasteiger partial charge in [0.25, 0.3) is 0 Å². The van der Waals surface area contributed by atoms with Crippen molar-refractivity contribution in [2.75, 3.05) is 11.9 Å². The Morgan fingerprint density at radius 2 is 1.89 bits per heavy atom. The second-order valence-electron chi connectivity index (χ2n) is 5.67. The van der Waals surface area contributed by atoms with Crippen molar-refractivity contribution in [2.24, 2.45) is 5.41 Å². The van der Waals surface area contributed by atoms with Crippen LogP contribution in [-0.4, -0.2) is 16.9 Å². The average Bonchev–Trinajstić information content (AvgIpc) is 2.23. The molecule has 0 aliphatic rings. The molecule has 1 aromatic rings. The van der Waals surface area contributed by atoms with Crippen molar-refractivity contribution >= 4 is 17.4 Å². The average molecular weight is 295 g/mol. The first-order chi connectivity index (χ1) is 8.58. The quantitative estimate of drug-likeness (QED) is 0.824. The van der Waals surface area contributed by atoms with Gasteiger partial charge in [0.1, 0.15) is 5.82 Å². The lowest BCUT2D eigenvalue weighted by Gasteiger charge is -2.22. The van der Waals surface area contributed by atoms with E-state index in [4.69, 9.17) is 11.6 Å². The second-order valence-corrected chi connectivity index (χ2v) is 6.29. The maximum atomic E-state index is 12.3. The molecular formula is C13H18ClF3N2. The van der Waals surface area contributed by atoms with Gasteiger partial charge >= 0.3 is 6.18 Å². The zero-order valence-electron chi connectivity index (χ0n) is 11.2. The molecule has 0 saturated carbocycles. The summed E-state index contributed by atoms with van der Waals surface area (Å²) in [5.41, 5.74) is -0.642. The third kappa shape index (κ3) is 6.14. The third-order valence-corrected chi connectivity index (χ3v) is 2.74. The molecule has 108 valence electrons. The minimum atomic E-state index is -4.35. The molecule has 0 fully saturated rings. The van der Waals surface area contributed by atoms with Crippen LogP contribution in [0.5, 0.6) is 0 Å². The van der Waals surface area contributed by atoms with E-state index in [1.54, 1.807) is 0 Å². The highest BCUT2D eigenvalue weighted by molar-refractivity contribution is 6.20. The van der Waals surface area contributed by atoms with Crippen LogP contribution in [0.2, 0.25) is 0 Å². The van der Waals surface area contributed by atoms with E-state index in [1.807, 2.05) is 0 Å². The predicted molar refractivity (Wildman–Crippen MR) is 71.4 cm³/mol. The van der Waals surface area contributed by atoms with Crippen LogP contribution >= 0.6 is 11.6 Å². The molecule has 1 atom stereocenters. The molecule has 19 heavy (non-hydrogen) atoms. The van der Waals surface area contributed by atoms with Gasteiger partial charge in [-0.3, -0.25) is 0 Å². The zero-order chi connectivity index (χ0) is 14.7. The van der Waals surface area contributed by atoms with Gasteiger partial charge in [0.05, 0.1) is 10.9 Å². The summed E-state index contributed by atoms with van der Waals surface area (Å²) in [7, 11) is 0. The lowest BCUT2D eigenvalue weighted by Crippen LogP contribution is -2.21. The molecule has 0 radical (unpaired) electrons. The Kier molecular flexibility index (Phi) is 5.07. The van der Waals surface area contributed by atoms with Crippen LogP contribution in [0.1, 0.15) is 32.8 Å². The van der Waals surface area contributed by atoms with Crippen molar-refractivity contribution in [3.8, 4) is 0 Å². The Labute approximate surface area is 116 Å². The predicted octanol–water partition coefficient (Wildman–Crippen LogP) is 4.56. The van der Waals surface area contributed by atoms with Gasteiger partial charge in [0.2, 0.25) is 0 Å². The molecule has 2 nitrogen and oxygen atoms in total. The second kappa shape index (κ2) is 5.99. The monoisotopic (exact) mass is 294 g/mol. The summed E-state index contributed by atoms with van der Waals surface area (Å²) in [4.78, 5) is 3.72. The summed E-state index contributed by atoms with van der Waals surface area (Å²) in [6.45, 7) is 6.72. The minimum Gasteiger partial charge on any atom is -0.369 e. The Hall–Kier alpha value is -0.970. The Bertz CT molecular complexity index is 396. The summed E-state index contributed by atoms with van der Waals surface area (Å²) in [5.74, 6) is 0.396. The van der Waals surface area contributed by atoms with Crippen LogP contribution in [0.3, 0.4) is 0 Å². The van der Waals surface area contributed by atoms with E-state index in [0.29, 0.717) is 12.4 Å². The van der Waals surface area contributed by atoms with Crippen LogP contribution in [0.15, 0.2) is 18.3 Å². The van der Waals surface area contributed by atoms with Gasteiger partial charge in [-0.15, -0.1) is 11.6 Å². The fourth-order valence-corrected chi connectivity index (χ4v) is 2.16. The van der Waals surface area contributed by atoms with Crippen LogP contribution < -0.4 is 5.32 Å². The van der Waals surface area contributed by atoms with E-state index in [-0.39, 0.29) is 10.8 Å². The molecule has 1 unspecified atom stereocenters. The summed E-state index contributed by atoms with van der Waals surface area (Å²) < 4.78 is 37.0. The molecule has 1 N–H and O–H groups in total. The molecule has 0 aliphatic heterocycles. The van der Waals surface area contributed by atoms with Crippen molar-refractivity contribution in [2.45, 2.75) is 38.7 Å². The van der Waals surface area contributed by atoms with Gasteiger partial charge in [-0.25, -0.2) is 4.98 Å². The number of hydrogen-bond acceptors (Lipinski definition) is 2. The van der Waals surface area contributed by atoms with E-state index >= 15 is 0 Å². The van der Waals surface area contributed by atoms with E-state index in [1.165, 1.54) is 6.07 Å². The molecule has 1 aromatic heterocycles. The lowest BCUT2D eigenvalue weighted by atomic mass is 9.90. The van der Waals surface area contributed by atoms with Gasteiger partial charge in [0.15, 0.2) is 0 Å². The zero-order valence-corrected chi connectivity index (χ0v) is 11.9. The molecule has 6 heteroatoms. The molecule has 0 bridgehead atoms. The standard InChI is InChI=1S/C13H18ClF3N2/c1-12(2,3)6-10(14)8-19-11-5-4-9(7-18-11)13(15,16)17/h4-5,7,10H,6,8H2,1-3H3,(H,18,19). The normalized spacial score (nSPS) is 14.3. The molecule has 0 spiro atoms. The number of rotatable bonds is 4. The third-order valence-electron chi connectivity index (χ3n) is 2.43. The highest BCUT2D eigenvalue weighted by Crippen LogP contribution is 2.29. The number of halogens is 4. The molecular weight excluding hydrogens is 277 g/mol. The number of nitrogens with one attached hydrogen (secondary N) is 1. The lowest BCUT2D eigenvalue weighted by molar-refractivity contribution is -0.137. The van der Waals surface area contributed by atoms with Crippen LogP contribution in [0.4, 0.5) is 19.0 Å². The fourth-order valence-electron chi connectivity index (χ4n) is 1.62. The number of pyridine rings is 1. The number of aromatic nitrogens is 1. The van der Waals surface area contributed by atoms with Crippen molar-refractivity contribution in [3.05, 3.63) is 23.9 Å². The topological polar surface area (TPSA) is 24.9 Å². The summed E-state index contributed by atoms with van der Waals surface area (Å²) in [6.07, 6.45) is -2.73. The number of alkyl halides is 4. The van der Waals surface area contributed by atoms with Gasteiger partial charge in [-0.05, 0) is 24.0 Å². The summed E-state index contributed by atoms with van der Waals surface area (Å²) in [6, 6.07) is 2.31. The first-order valence-corrected chi connectivity index (χ1v) is 6.43. The van der Waals surface area contributed by atoms with E-state index in [2.05, 4.69) is 31.1 Å². The van der Waals surface area contributed by atoms with Gasteiger partial charge < -0.3 is 5.32 Å². The minimum absolute atomic E-state index is 0.0934. The van der Waals surface area contributed by atoms with Crippen LogP contribution in [0, 0.1) is 5.41 Å². The summed E-state index contributed by atoms with van der Waals surface area (Å²) in [5, 5.41) is 2.84. The maximum absolute atomic E-state index is 12.3. The van der Waals surface area contributed by atoms with Crippen molar-refractivity contribution in [3.63, 3.8) is 0 Å². The Balaban J connectivity index is 2.51. The number of nitrogens with zero attached hydrogens (tertiary/aromatic N) is 1. The Morgan fingerprint density at radius 1 is 1.26 bits per heavy atom. The molecule has 0 amide bonds. The van der Waals surface area contributed by atoms with Crippen molar-refractivity contribution < 1.29 is 13.2 Å². The van der Waals surface area contributed by atoms with E-state index in [9.17, 15) is 13.2 Å². The Morgan fingerprint density at radius 3 is 2.32 bits per heavy atom. The molecule has 0 saturated heterocycles. The molecule has 0 aliphatic carbocycles. The highest BCUT2D eigenvalue weighted by Gasteiger charge is 2.30. The smallest absolute Gasteiger partial charge is 0.369 e. The van der Waals surface area contributed by atoms with Gasteiger partial charge in [0, 0.05) is 12.7 Å². The van der Waals surface area contributed by atoms with Crippen molar-refractivity contribution in [1.29, 1.82) is 0 Å².